The third-order valence-electron chi connectivity index (χ3n) is 1.85. The van der Waals surface area contributed by atoms with Crippen molar-refractivity contribution in [2.24, 2.45) is 0 Å². The van der Waals surface area contributed by atoms with Gasteiger partial charge < -0.3 is 5.11 Å². The van der Waals surface area contributed by atoms with Crippen LogP contribution in [0.1, 0.15) is 11.9 Å². The number of aliphatic hydroxyl groups excluding tert-OH is 1. The van der Waals surface area contributed by atoms with Crippen LogP contribution < -0.4 is 0 Å². The van der Waals surface area contributed by atoms with Crippen LogP contribution in [0.5, 0.6) is 0 Å². The molecule has 2 rings (SSSR count). The Morgan fingerprint density at radius 1 is 1.47 bits per heavy atom. The van der Waals surface area contributed by atoms with E-state index in [0.717, 1.165) is 10.2 Å². The van der Waals surface area contributed by atoms with Crippen LogP contribution in [-0.4, -0.2) is 15.9 Å². The molecule has 3 nitrogen and oxygen atoms in total. The minimum atomic E-state index is -0.188. The number of nitrogens with zero attached hydrogens (tertiary/aromatic N) is 1. The second-order valence-electron chi connectivity index (χ2n) is 3.13. The summed E-state index contributed by atoms with van der Waals surface area (Å²) in [6.45, 7) is 1.39. The lowest BCUT2D eigenvalue weighted by Crippen LogP contribution is -1.87. The lowest BCUT2D eigenvalue weighted by molar-refractivity contribution is -0.112. The highest BCUT2D eigenvalue weighted by molar-refractivity contribution is 7.19. The minimum absolute atomic E-state index is 0.0660. The van der Waals surface area contributed by atoms with Gasteiger partial charge in [0.25, 0.3) is 0 Å². The first-order valence-corrected chi connectivity index (χ1v) is 5.25. The number of ketones is 1. The normalized spacial score (nSPS) is 11.9. The van der Waals surface area contributed by atoms with Gasteiger partial charge in [-0.25, -0.2) is 4.98 Å². The number of allylic oxidation sites excluding steroid dienone is 1. The van der Waals surface area contributed by atoms with E-state index in [1.165, 1.54) is 24.3 Å². The van der Waals surface area contributed by atoms with Gasteiger partial charge in [-0.1, -0.05) is 12.1 Å². The van der Waals surface area contributed by atoms with Gasteiger partial charge in [-0.2, -0.15) is 0 Å². The Kier molecular flexibility index (Phi) is 2.51. The third kappa shape index (κ3) is 2.05. The quantitative estimate of drug-likeness (QED) is 0.624. The van der Waals surface area contributed by atoms with Gasteiger partial charge in [0.05, 0.1) is 10.2 Å². The van der Waals surface area contributed by atoms with E-state index in [0.29, 0.717) is 5.01 Å². The largest absolute Gasteiger partial charge is 0.505 e. The van der Waals surface area contributed by atoms with E-state index < -0.39 is 0 Å². The topological polar surface area (TPSA) is 50.2 Å². The van der Waals surface area contributed by atoms with Gasteiger partial charge in [0, 0.05) is 6.08 Å². The molecular weight excluding hydrogens is 210 g/mol. The molecule has 76 valence electrons. The van der Waals surface area contributed by atoms with Crippen LogP contribution in [0.15, 0.2) is 30.3 Å². The molecule has 0 amide bonds. The number of aliphatic hydroxyl groups is 1. The number of thiazole rings is 1. The molecular formula is C11H9NO2S. The van der Waals surface area contributed by atoms with Crippen molar-refractivity contribution in [2.75, 3.05) is 0 Å². The number of hydrogen-bond acceptors (Lipinski definition) is 4. The van der Waals surface area contributed by atoms with Crippen LogP contribution in [0, 0.1) is 0 Å². The van der Waals surface area contributed by atoms with Crippen molar-refractivity contribution < 1.29 is 9.90 Å². The summed E-state index contributed by atoms with van der Waals surface area (Å²) >= 11 is 1.37. The maximum absolute atomic E-state index is 10.8. The molecule has 1 N–H and O–H groups in total. The van der Waals surface area contributed by atoms with E-state index in [9.17, 15) is 9.90 Å². The Morgan fingerprint density at radius 3 is 2.87 bits per heavy atom. The summed E-state index contributed by atoms with van der Waals surface area (Å²) in [7, 11) is 0. The zero-order valence-corrected chi connectivity index (χ0v) is 8.91. The fourth-order valence-electron chi connectivity index (χ4n) is 1.24. The van der Waals surface area contributed by atoms with Gasteiger partial charge >= 0.3 is 0 Å². The van der Waals surface area contributed by atoms with Crippen molar-refractivity contribution in [1.82, 2.24) is 4.98 Å². The molecule has 0 saturated carbocycles. The van der Waals surface area contributed by atoms with Crippen LogP contribution in [0.4, 0.5) is 0 Å². The second kappa shape index (κ2) is 3.82. The van der Waals surface area contributed by atoms with E-state index >= 15 is 0 Å². The lowest BCUT2D eigenvalue weighted by atomic mass is 10.3. The van der Waals surface area contributed by atoms with Gasteiger partial charge in [0.1, 0.15) is 0 Å². The zero-order valence-electron chi connectivity index (χ0n) is 8.10. The molecule has 15 heavy (non-hydrogen) atoms. The van der Waals surface area contributed by atoms with E-state index in [-0.39, 0.29) is 11.5 Å². The smallest absolute Gasteiger partial charge is 0.159 e. The summed E-state index contributed by atoms with van der Waals surface area (Å²) in [5, 5.41) is 10.1. The maximum atomic E-state index is 10.8. The van der Waals surface area contributed by atoms with Gasteiger partial charge in [0.15, 0.2) is 16.6 Å². The first-order chi connectivity index (χ1) is 7.16. The SMILES string of the molecule is CC(=O)C=C(O)c1nc2ccccc2s1. The Bertz CT molecular complexity index is 509. The van der Waals surface area contributed by atoms with E-state index in [2.05, 4.69) is 4.98 Å². The predicted octanol–water partition coefficient (Wildman–Crippen LogP) is 2.78. The highest BCUT2D eigenvalue weighted by Gasteiger charge is 2.07. The van der Waals surface area contributed by atoms with E-state index in [1.54, 1.807) is 0 Å². The maximum Gasteiger partial charge on any atom is 0.159 e. The average Bonchev–Trinajstić information content (AvgIpc) is 2.59. The highest BCUT2D eigenvalue weighted by Crippen LogP contribution is 2.25. The number of rotatable bonds is 2. The van der Waals surface area contributed by atoms with Crippen molar-refractivity contribution in [2.45, 2.75) is 6.92 Å². The number of benzene rings is 1. The Balaban J connectivity index is 2.49. The van der Waals surface area contributed by atoms with Crippen molar-refractivity contribution in [3.05, 3.63) is 35.3 Å². The molecule has 0 spiro atoms. The molecule has 4 heteroatoms. The molecule has 1 aromatic carbocycles. The minimum Gasteiger partial charge on any atom is -0.505 e. The standard InChI is InChI=1S/C11H9NO2S/c1-7(13)6-9(14)11-12-8-4-2-3-5-10(8)15-11/h2-6,14H,1H3. The van der Waals surface area contributed by atoms with Crippen LogP contribution >= 0.6 is 11.3 Å². The number of fused-ring (bicyclic) bond motifs is 1. The molecule has 1 heterocycles. The summed E-state index contributed by atoms with van der Waals surface area (Å²) in [6, 6.07) is 7.60. The van der Waals surface area contributed by atoms with Crippen LogP contribution in [-0.2, 0) is 4.79 Å². The number of para-hydroxylation sites is 1. The molecule has 0 bridgehead atoms. The molecule has 0 radical (unpaired) electrons. The second-order valence-corrected chi connectivity index (χ2v) is 4.16. The molecule has 0 saturated heterocycles. The van der Waals surface area contributed by atoms with E-state index in [4.69, 9.17) is 0 Å². The molecule has 0 aliphatic rings. The first-order valence-electron chi connectivity index (χ1n) is 4.44. The molecule has 0 fully saturated rings. The summed E-state index contributed by atoms with van der Waals surface area (Å²) in [5.41, 5.74) is 0.834. The zero-order chi connectivity index (χ0) is 10.8. The molecule has 0 atom stereocenters. The molecule has 2 aromatic rings. The number of carbonyl (C=O) groups is 1. The predicted molar refractivity (Wildman–Crippen MR) is 60.9 cm³/mol. The first kappa shape index (κ1) is 9.86. The number of aromatic nitrogens is 1. The van der Waals surface area contributed by atoms with Crippen LogP contribution in [0.2, 0.25) is 0 Å². The Hall–Kier alpha value is -1.68. The van der Waals surface area contributed by atoms with Crippen molar-refractivity contribution >= 4 is 33.1 Å². The van der Waals surface area contributed by atoms with Crippen LogP contribution in [0.25, 0.3) is 16.0 Å². The molecule has 0 unspecified atom stereocenters. The van der Waals surface area contributed by atoms with Gasteiger partial charge in [-0.15, -0.1) is 11.3 Å². The van der Waals surface area contributed by atoms with Gasteiger partial charge in [-0.3, -0.25) is 4.79 Å². The summed E-state index contributed by atoms with van der Waals surface area (Å²) < 4.78 is 0.996. The summed E-state index contributed by atoms with van der Waals surface area (Å²) in [4.78, 5) is 15.0. The molecule has 0 aliphatic heterocycles. The van der Waals surface area contributed by atoms with Crippen molar-refractivity contribution in [3.63, 3.8) is 0 Å². The average molecular weight is 219 g/mol. The fourth-order valence-corrected chi connectivity index (χ4v) is 2.12. The van der Waals surface area contributed by atoms with Crippen LogP contribution in [0.3, 0.4) is 0 Å². The monoisotopic (exact) mass is 219 g/mol. The molecule has 0 aliphatic carbocycles. The van der Waals surface area contributed by atoms with Crippen molar-refractivity contribution in [3.8, 4) is 0 Å². The van der Waals surface area contributed by atoms with E-state index in [1.807, 2.05) is 24.3 Å². The summed E-state index contributed by atoms with van der Waals surface area (Å²) in [5.74, 6) is -0.254. The van der Waals surface area contributed by atoms with Gasteiger partial charge in [0.2, 0.25) is 0 Å². The third-order valence-corrected chi connectivity index (χ3v) is 2.91. The Morgan fingerprint density at radius 2 is 2.20 bits per heavy atom. The van der Waals surface area contributed by atoms with Gasteiger partial charge in [-0.05, 0) is 19.1 Å². The van der Waals surface area contributed by atoms with Crippen molar-refractivity contribution in [1.29, 1.82) is 0 Å². The number of hydrogen-bond donors (Lipinski definition) is 1. The lowest BCUT2D eigenvalue weighted by Gasteiger charge is -1.90. The summed E-state index contributed by atoms with van der Waals surface area (Å²) in [6.07, 6.45) is 1.18. The fraction of sp³-hybridized carbons (Fsp3) is 0.0909. The molecule has 1 aromatic heterocycles. The number of carbonyl (C=O) groups excluding carboxylic acids is 1. The highest BCUT2D eigenvalue weighted by atomic mass is 32.1. The Labute approximate surface area is 90.7 Å².